The average molecular weight is 491 g/mol. The van der Waals surface area contributed by atoms with Gasteiger partial charge in [-0.1, -0.05) is 42.8 Å². The normalized spacial score (nSPS) is 22.8. The van der Waals surface area contributed by atoms with Crippen molar-refractivity contribution in [3.05, 3.63) is 65.2 Å². The van der Waals surface area contributed by atoms with Gasteiger partial charge in [-0.05, 0) is 74.0 Å². The third-order valence-corrected chi connectivity index (χ3v) is 7.78. The molecule has 2 N–H and O–H groups in total. The van der Waals surface area contributed by atoms with Crippen LogP contribution in [-0.2, 0) is 21.5 Å². The van der Waals surface area contributed by atoms with E-state index in [1.165, 1.54) is 6.42 Å². The number of imide groups is 1. The minimum Gasteiger partial charge on any atom is -0.497 e. The van der Waals surface area contributed by atoms with Crippen molar-refractivity contribution in [3.63, 3.8) is 0 Å². The third-order valence-electron chi connectivity index (χ3n) is 7.78. The summed E-state index contributed by atoms with van der Waals surface area (Å²) >= 11 is 0. The van der Waals surface area contributed by atoms with Crippen LogP contribution in [0.5, 0.6) is 5.75 Å². The van der Waals surface area contributed by atoms with Crippen molar-refractivity contribution in [2.24, 2.45) is 0 Å². The lowest BCUT2D eigenvalue weighted by atomic mass is 9.76. The van der Waals surface area contributed by atoms with Gasteiger partial charge in [-0.2, -0.15) is 0 Å². The predicted molar refractivity (Wildman–Crippen MR) is 135 cm³/mol. The number of likely N-dealkylation sites (tertiary alicyclic amines) is 1. The Morgan fingerprint density at radius 2 is 1.81 bits per heavy atom. The van der Waals surface area contributed by atoms with Crippen LogP contribution in [0.15, 0.2) is 48.5 Å². The van der Waals surface area contributed by atoms with Crippen LogP contribution in [-0.4, -0.2) is 60.9 Å². The molecule has 2 saturated heterocycles. The highest BCUT2D eigenvalue weighted by atomic mass is 16.5. The second kappa shape index (κ2) is 10.3. The number of benzene rings is 2. The zero-order valence-corrected chi connectivity index (χ0v) is 20.8. The summed E-state index contributed by atoms with van der Waals surface area (Å²) in [5.41, 5.74) is 1.96. The minimum atomic E-state index is -1.06. The SMILES string of the molecule is COc1ccc(C(CNC(=O)CN2C(=O)NC3(CCCc4ccccc43)C2=O)N2CCCCC2)cc1. The van der Waals surface area contributed by atoms with Gasteiger partial charge in [-0.15, -0.1) is 0 Å². The molecule has 36 heavy (non-hydrogen) atoms. The van der Waals surface area contributed by atoms with Gasteiger partial charge in [0.2, 0.25) is 5.91 Å². The number of amides is 4. The Hall–Kier alpha value is -3.39. The summed E-state index contributed by atoms with van der Waals surface area (Å²) in [5.74, 6) is 0.115. The Morgan fingerprint density at radius 3 is 2.56 bits per heavy atom. The van der Waals surface area contributed by atoms with E-state index in [1.807, 2.05) is 48.5 Å². The maximum absolute atomic E-state index is 13.5. The van der Waals surface area contributed by atoms with E-state index in [4.69, 9.17) is 4.74 Å². The van der Waals surface area contributed by atoms with Crippen molar-refractivity contribution in [3.8, 4) is 5.75 Å². The molecular formula is C28H34N4O4. The Morgan fingerprint density at radius 1 is 1.06 bits per heavy atom. The van der Waals surface area contributed by atoms with Gasteiger partial charge >= 0.3 is 6.03 Å². The molecule has 0 aromatic heterocycles. The lowest BCUT2D eigenvalue weighted by Gasteiger charge is -2.35. The van der Waals surface area contributed by atoms with Crippen LogP contribution in [0.25, 0.3) is 0 Å². The molecule has 1 aliphatic carbocycles. The highest BCUT2D eigenvalue weighted by molar-refractivity contribution is 6.09. The highest BCUT2D eigenvalue weighted by Gasteiger charge is 2.54. The molecule has 2 aromatic carbocycles. The van der Waals surface area contributed by atoms with E-state index in [0.717, 1.165) is 66.1 Å². The van der Waals surface area contributed by atoms with Gasteiger partial charge in [0.05, 0.1) is 13.2 Å². The van der Waals surface area contributed by atoms with Crippen molar-refractivity contribution < 1.29 is 19.1 Å². The first-order valence-corrected chi connectivity index (χ1v) is 12.9. The molecule has 1 spiro atoms. The molecule has 2 fully saturated rings. The third kappa shape index (κ3) is 4.57. The lowest BCUT2D eigenvalue weighted by molar-refractivity contribution is -0.135. The molecule has 0 bridgehead atoms. The Kier molecular flexibility index (Phi) is 6.96. The van der Waals surface area contributed by atoms with Gasteiger partial charge in [0.1, 0.15) is 17.8 Å². The van der Waals surface area contributed by atoms with Crippen molar-refractivity contribution in [1.29, 1.82) is 0 Å². The van der Waals surface area contributed by atoms with Crippen LogP contribution >= 0.6 is 0 Å². The molecule has 190 valence electrons. The summed E-state index contributed by atoms with van der Waals surface area (Å²) in [6.07, 6.45) is 5.71. The number of urea groups is 1. The monoisotopic (exact) mass is 490 g/mol. The molecule has 8 heteroatoms. The largest absolute Gasteiger partial charge is 0.497 e. The number of piperidine rings is 1. The number of ether oxygens (including phenoxy) is 1. The van der Waals surface area contributed by atoms with Crippen molar-refractivity contribution in [2.75, 3.05) is 33.3 Å². The van der Waals surface area contributed by atoms with Crippen LogP contribution in [0, 0.1) is 0 Å². The summed E-state index contributed by atoms with van der Waals surface area (Å²) in [4.78, 5) is 42.8. The first kappa shape index (κ1) is 24.3. The topological polar surface area (TPSA) is 91.0 Å². The maximum Gasteiger partial charge on any atom is 0.325 e. The molecule has 0 saturated carbocycles. The fourth-order valence-electron chi connectivity index (χ4n) is 5.88. The number of hydrogen-bond donors (Lipinski definition) is 2. The summed E-state index contributed by atoms with van der Waals surface area (Å²) in [5, 5.41) is 5.92. The van der Waals surface area contributed by atoms with Gasteiger partial charge < -0.3 is 15.4 Å². The second-order valence-corrected chi connectivity index (χ2v) is 9.93. The zero-order valence-electron chi connectivity index (χ0n) is 20.8. The standard InChI is InChI=1S/C28H34N4O4/c1-36-22-13-11-21(12-14-22)24(31-16-5-2-6-17-31)18-29-25(33)19-32-26(34)28(30-27(32)35)15-7-9-20-8-3-4-10-23(20)28/h3-4,8,10-14,24H,2,5-7,9,15-19H2,1H3,(H,29,33)(H,30,35). The van der Waals surface area contributed by atoms with E-state index >= 15 is 0 Å². The molecule has 8 nitrogen and oxygen atoms in total. The Labute approximate surface area is 212 Å². The second-order valence-electron chi connectivity index (χ2n) is 9.93. The molecule has 2 heterocycles. The van der Waals surface area contributed by atoms with Crippen molar-refractivity contribution in [2.45, 2.75) is 50.1 Å². The number of aryl methyl sites for hydroxylation is 1. The fourth-order valence-corrected chi connectivity index (χ4v) is 5.88. The summed E-state index contributed by atoms with van der Waals surface area (Å²) in [7, 11) is 1.64. The van der Waals surface area contributed by atoms with Crippen LogP contribution in [0.3, 0.4) is 0 Å². The van der Waals surface area contributed by atoms with Crippen molar-refractivity contribution >= 4 is 17.8 Å². The maximum atomic E-state index is 13.5. The number of methoxy groups -OCH3 is 1. The fraction of sp³-hybridized carbons (Fsp3) is 0.464. The predicted octanol–water partition coefficient (Wildman–Crippen LogP) is 3.12. The molecule has 3 aliphatic rings. The number of fused-ring (bicyclic) bond motifs is 2. The molecular weight excluding hydrogens is 456 g/mol. The van der Waals surface area contributed by atoms with E-state index in [1.54, 1.807) is 7.11 Å². The van der Waals surface area contributed by atoms with Crippen molar-refractivity contribution in [1.82, 2.24) is 20.4 Å². The molecule has 4 amide bonds. The van der Waals surface area contributed by atoms with Crippen LogP contribution in [0.2, 0.25) is 0 Å². The Bertz CT molecular complexity index is 1130. The van der Waals surface area contributed by atoms with E-state index in [9.17, 15) is 14.4 Å². The average Bonchev–Trinajstić information content (AvgIpc) is 3.14. The quantitative estimate of drug-likeness (QED) is 0.582. The van der Waals surface area contributed by atoms with Crippen LogP contribution in [0.4, 0.5) is 4.79 Å². The summed E-state index contributed by atoms with van der Waals surface area (Å²) < 4.78 is 5.30. The number of carbonyl (C=O) groups is 3. The van der Waals surface area contributed by atoms with E-state index in [0.29, 0.717) is 13.0 Å². The number of nitrogens with zero attached hydrogens (tertiary/aromatic N) is 2. The number of nitrogens with one attached hydrogen (secondary N) is 2. The molecule has 2 aromatic rings. The zero-order chi connectivity index (χ0) is 25.1. The molecule has 2 aliphatic heterocycles. The molecule has 2 unspecified atom stereocenters. The van der Waals surface area contributed by atoms with E-state index in [2.05, 4.69) is 15.5 Å². The lowest BCUT2D eigenvalue weighted by Crippen LogP contribution is -2.47. The highest BCUT2D eigenvalue weighted by Crippen LogP contribution is 2.39. The number of hydrogen-bond acceptors (Lipinski definition) is 5. The number of rotatable bonds is 7. The van der Waals surface area contributed by atoms with Gasteiger partial charge in [0.25, 0.3) is 5.91 Å². The van der Waals surface area contributed by atoms with Gasteiger partial charge in [-0.25, -0.2) is 4.79 Å². The van der Waals surface area contributed by atoms with Crippen LogP contribution < -0.4 is 15.4 Å². The summed E-state index contributed by atoms with van der Waals surface area (Å²) in [6.45, 7) is 2.07. The molecule has 0 radical (unpaired) electrons. The molecule has 5 rings (SSSR count). The van der Waals surface area contributed by atoms with Gasteiger partial charge in [0.15, 0.2) is 0 Å². The number of carbonyl (C=O) groups excluding carboxylic acids is 3. The Balaban J connectivity index is 1.27. The van der Waals surface area contributed by atoms with Crippen LogP contribution in [0.1, 0.15) is 54.8 Å². The minimum absolute atomic E-state index is 0.0137. The molecule has 2 atom stereocenters. The van der Waals surface area contributed by atoms with E-state index < -0.39 is 11.6 Å². The first-order chi connectivity index (χ1) is 17.5. The summed E-state index contributed by atoms with van der Waals surface area (Å²) in [6, 6.07) is 15.2. The first-order valence-electron chi connectivity index (χ1n) is 12.9. The smallest absolute Gasteiger partial charge is 0.325 e. The van der Waals surface area contributed by atoms with E-state index in [-0.39, 0.29) is 24.4 Å². The van der Waals surface area contributed by atoms with Gasteiger partial charge in [0, 0.05) is 6.54 Å². The van der Waals surface area contributed by atoms with Gasteiger partial charge in [-0.3, -0.25) is 19.4 Å².